The molecule has 2 atom stereocenters. The Morgan fingerprint density at radius 3 is 2.52 bits per heavy atom. The summed E-state index contributed by atoms with van der Waals surface area (Å²) in [5.41, 5.74) is 6.05. The maximum Gasteiger partial charge on any atom is 0.221 e. The van der Waals surface area contributed by atoms with Crippen LogP contribution in [0, 0.1) is 13.8 Å². The van der Waals surface area contributed by atoms with Gasteiger partial charge in [0.05, 0.1) is 17.8 Å². The van der Waals surface area contributed by atoms with Gasteiger partial charge in [-0.05, 0) is 74.1 Å². The van der Waals surface area contributed by atoms with Gasteiger partial charge in [-0.25, -0.2) is 0 Å². The second-order valence-electron chi connectivity index (χ2n) is 7.26. The summed E-state index contributed by atoms with van der Waals surface area (Å²) in [7, 11) is 0. The summed E-state index contributed by atoms with van der Waals surface area (Å²) in [6.45, 7) is 5.63. The standard InChI is InChI=1S/C22H23N5OS/c1-13-12-18(14(2)24-13)21-20(19-6-4-5-11-23-19)26-22(29)27(21)17-9-7-16(8-10-17)25-15(3)28/h4-12,20-21,24H,1-3H3,(H,25,28)(H,26,29)/t20-,21+/m1/s1. The molecule has 4 rings (SSSR count). The first-order valence-electron chi connectivity index (χ1n) is 9.48. The molecule has 1 aromatic carbocycles. The van der Waals surface area contributed by atoms with Crippen LogP contribution >= 0.6 is 12.2 Å². The van der Waals surface area contributed by atoms with Crippen LogP contribution in [-0.4, -0.2) is 21.0 Å². The van der Waals surface area contributed by atoms with E-state index in [0.29, 0.717) is 5.11 Å². The minimum Gasteiger partial charge on any atom is -0.362 e. The fourth-order valence-electron chi connectivity index (χ4n) is 3.91. The molecule has 6 nitrogen and oxygen atoms in total. The normalized spacial score (nSPS) is 18.6. The third-order valence-corrected chi connectivity index (χ3v) is 5.39. The van der Waals surface area contributed by atoms with Gasteiger partial charge in [-0.2, -0.15) is 0 Å². The molecule has 3 N–H and O–H groups in total. The molecular weight excluding hydrogens is 382 g/mol. The van der Waals surface area contributed by atoms with Gasteiger partial charge in [-0.15, -0.1) is 0 Å². The van der Waals surface area contributed by atoms with E-state index in [0.717, 1.165) is 28.5 Å². The molecule has 7 heteroatoms. The predicted octanol–water partition coefficient (Wildman–Crippen LogP) is 4.16. The average molecular weight is 406 g/mol. The molecule has 0 radical (unpaired) electrons. The number of nitrogens with zero attached hydrogens (tertiary/aromatic N) is 2. The summed E-state index contributed by atoms with van der Waals surface area (Å²) in [6.07, 6.45) is 1.80. The van der Waals surface area contributed by atoms with Crippen LogP contribution in [-0.2, 0) is 4.79 Å². The molecule has 0 bridgehead atoms. The molecule has 29 heavy (non-hydrogen) atoms. The van der Waals surface area contributed by atoms with Crippen molar-refractivity contribution in [3.63, 3.8) is 0 Å². The molecule has 1 aliphatic heterocycles. The fourth-order valence-corrected chi connectivity index (χ4v) is 4.26. The van der Waals surface area contributed by atoms with E-state index in [-0.39, 0.29) is 18.0 Å². The van der Waals surface area contributed by atoms with Crippen molar-refractivity contribution in [1.29, 1.82) is 0 Å². The molecule has 3 heterocycles. The van der Waals surface area contributed by atoms with Crippen LogP contribution in [0.4, 0.5) is 11.4 Å². The lowest BCUT2D eigenvalue weighted by atomic mass is 9.96. The van der Waals surface area contributed by atoms with Crippen LogP contribution in [0.3, 0.4) is 0 Å². The quantitative estimate of drug-likeness (QED) is 0.569. The van der Waals surface area contributed by atoms with Crippen molar-refractivity contribution in [3.8, 4) is 0 Å². The third kappa shape index (κ3) is 3.73. The highest BCUT2D eigenvalue weighted by atomic mass is 32.1. The number of thiocarbonyl (C=S) groups is 1. The SMILES string of the molecule is CC(=O)Nc1ccc(N2C(=S)N[C@H](c3ccccn3)[C@@H]2c2cc(C)[nH]c2C)cc1. The molecule has 148 valence electrons. The number of aryl methyl sites for hydroxylation is 2. The van der Waals surface area contributed by atoms with E-state index in [2.05, 4.69) is 45.4 Å². The minimum atomic E-state index is -0.0948. The Kier molecular flexibility index (Phi) is 5.07. The number of H-pyrrole nitrogens is 1. The average Bonchev–Trinajstić information content (AvgIpc) is 3.21. The monoisotopic (exact) mass is 405 g/mol. The lowest BCUT2D eigenvalue weighted by Crippen LogP contribution is -2.29. The van der Waals surface area contributed by atoms with Crippen LogP contribution in [0.5, 0.6) is 0 Å². The van der Waals surface area contributed by atoms with Crippen molar-refractivity contribution in [3.05, 3.63) is 77.4 Å². The Morgan fingerprint density at radius 2 is 1.93 bits per heavy atom. The van der Waals surface area contributed by atoms with Crippen LogP contribution in [0.15, 0.2) is 54.7 Å². The number of pyridine rings is 1. The highest BCUT2D eigenvalue weighted by Gasteiger charge is 2.41. The Morgan fingerprint density at radius 1 is 1.17 bits per heavy atom. The highest BCUT2D eigenvalue weighted by Crippen LogP contribution is 2.42. The van der Waals surface area contributed by atoms with E-state index in [1.54, 1.807) is 6.20 Å². The number of nitrogens with one attached hydrogen (secondary N) is 3. The molecule has 2 aromatic heterocycles. The van der Waals surface area contributed by atoms with Crippen molar-refractivity contribution < 1.29 is 4.79 Å². The number of aromatic amines is 1. The molecule has 0 saturated carbocycles. The maximum absolute atomic E-state index is 11.3. The molecule has 1 fully saturated rings. The summed E-state index contributed by atoms with van der Waals surface area (Å²) >= 11 is 5.74. The van der Waals surface area contributed by atoms with Crippen LogP contribution < -0.4 is 15.5 Å². The first-order chi connectivity index (χ1) is 13.9. The van der Waals surface area contributed by atoms with Crippen molar-refractivity contribution in [2.45, 2.75) is 32.9 Å². The van der Waals surface area contributed by atoms with E-state index < -0.39 is 0 Å². The second-order valence-corrected chi connectivity index (χ2v) is 7.64. The Hall–Kier alpha value is -3.19. The van der Waals surface area contributed by atoms with Crippen molar-refractivity contribution in [1.82, 2.24) is 15.3 Å². The maximum atomic E-state index is 11.3. The highest BCUT2D eigenvalue weighted by molar-refractivity contribution is 7.80. The fraction of sp³-hybridized carbons (Fsp3) is 0.227. The molecule has 0 aliphatic carbocycles. The topological polar surface area (TPSA) is 73.1 Å². The zero-order valence-corrected chi connectivity index (χ0v) is 17.4. The van der Waals surface area contributed by atoms with E-state index in [9.17, 15) is 4.79 Å². The summed E-state index contributed by atoms with van der Waals surface area (Å²) in [5.74, 6) is -0.0948. The predicted molar refractivity (Wildman–Crippen MR) is 119 cm³/mol. The van der Waals surface area contributed by atoms with Crippen molar-refractivity contribution >= 4 is 34.6 Å². The Labute approximate surface area is 175 Å². The van der Waals surface area contributed by atoms with Gasteiger partial charge in [0, 0.05) is 35.9 Å². The van der Waals surface area contributed by atoms with Gasteiger partial charge < -0.3 is 20.5 Å². The summed E-state index contributed by atoms with van der Waals surface area (Å²) in [5, 5.41) is 6.91. The van der Waals surface area contributed by atoms with Gasteiger partial charge in [0.25, 0.3) is 0 Å². The molecular formula is C22H23N5OS. The Bertz CT molecular complexity index is 1040. The van der Waals surface area contributed by atoms with Gasteiger partial charge in [0.2, 0.25) is 5.91 Å². The van der Waals surface area contributed by atoms with Crippen molar-refractivity contribution in [2.75, 3.05) is 10.2 Å². The first-order valence-corrected chi connectivity index (χ1v) is 9.89. The van der Waals surface area contributed by atoms with Crippen LogP contribution in [0.25, 0.3) is 0 Å². The van der Waals surface area contributed by atoms with E-state index >= 15 is 0 Å². The summed E-state index contributed by atoms with van der Waals surface area (Å²) < 4.78 is 0. The number of hydrogen-bond donors (Lipinski definition) is 3. The lowest BCUT2D eigenvalue weighted by molar-refractivity contribution is -0.114. The first kappa shape index (κ1) is 19.1. The van der Waals surface area contributed by atoms with Gasteiger partial charge in [0.1, 0.15) is 0 Å². The zero-order valence-electron chi connectivity index (χ0n) is 16.6. The molecule has 1 aliphatic rings. The summed E-state index contributed by atoms with van der Waals surface area (Å²) in [4.78, 5) is 21.4. The number of anilines is 2. The largest absolute Gasteiger partial charge is 0.362 e. The van der Waals surface area contributed by atoms with E-state index in [4.69, 9.17) is 12.2 Å². The lowest BCUT2D eigenvalue weighted by Gasteiger charge is -2.28. The van der Waals surface area contributed by atoms with Crippen molar-refractivity contribution in [2.24, 2.45) is 0 Å². The number of carbonyl (C=O) groups excluding carboxylic acids is 1. The van der Waals surface area contributed by atoms with Crippen LogP contribution in [0.2, 0.25) is 0 Å². The zero-order chi connectivity index (χ0) is 20.5. The molecule has 3 aromatic rings. The number of aromatic nitrogens is 2. The van der Waals surface area contributed by atoms with Gasteiger partial charge in [0.15, 0.2) is 5.11 Å². The van der Waals surface area contributed by atoms with E-state index in [1.807, 2.05) is 42.5 Å². The van der Waals surface area contributed by atoms with Crippen LogP contribution in [0.1, 0.15) is 41.7 Å². The second kappa shape index (κ2) is 7.67. The van der Waals surface area contributed by atoms with Gasteiger partial charge in [-0.1, -0.05) is 6.07 Å². The number of rotatable bonds is 4. The number of carbonyl (C=O) groups is 1. The number of amides is 1. The molecule has 1 saturated heterocycles. The minimum absolute atomic E-state index is 0.0473. The van der Waals surface area contributed by atoms with Gasteiger partial charge in [-0.3, -0.25) is 9.78 Å². The molecule has 0 unspecified atom stereocenters. The Balaban J connectivity index is 1.77. The van der Waals surface area contributed by atoms with Gasteiger partial charge >= 0.3 is 0 Å². The molecule has 1 amide bonds. The third-order valence-electron chi connectivity index (χ3n) is 5.07. The smallest absolute Gasteiger partial charge is 0.221 e. The summed E-state index contributed by atoms with van der Waals surface area (Å²) in [6, 6.07) is 15.7. The number of hydrogen-bond acceptors (Lipinski definition) is 3. The number of benzene rings is 1. The van der Waals surface area contributed by atoms with E-state index in [1.165, 1.54) is 12.5 Å². The molecule has 0 spiro atoms.